The fraction of sp³-hybridized carbons (Fsp3) is 0.167. The Morgan fingerprint density at radius 2 is 2.15 bits per heavy atom. The second kappa shape index (κ2) is 4.43. The highest BCUT2D eigenvalue weighted by molar-refractivity contribution is 9.15. The van der Waals surface area contributed by atoms with Crippen molar-refractivity contribution >= 4 is 26.5 Å². The lowest BCUT2D eigenvalue weighted by Gasteiger charge is -2.07. The van der Waals surface area contributed by atoms with E-state index in [0.29, 0.717) is 0 Å². The largest absolute Gasteiger partial charge is 0.0984 e. The molecule has 0 saturated carbocycles. The molecule has 0 saturated heterocycles. The van der Waals surface area contributed by atoms with Crippen molar-refractivity contribution in [3.8, 4) is 0 Å². The molecular weight excluding hydrogens is 224 g/mol. The van der Waals surface area contributed by atoms with E-state index < -0.39 is 0 Å². The summed E-state index contributed by atoms with van der Waals surface area (Å²) < 4.78 is 1.12. The number of benzene rings is 1. The van der Waals surface area contributed by atoms with E-state index in [4.69, 9.17) is 0 Å². The van der Waals surface area contributed by atoms with Crippen molar-refractivity contribution < 1.29 is 0 Å². The molecule has 1 heteroatoms. The smallest absolute Gasteiger partial charge is 0.0211 e. The Hall–Kier alpha value is -0.820. The molecule has 0 bridgehead atoms. The van der Waals surface area contributed by atoms with Gasteiger partial charge in [0, 0.05) is 4.48 Å². The van der Waals surface area contributed by atoms with E-state index >= 15 is 0 Å². The third kappa shape index (κ3) is 2.10. The maximum absolute atomic E-state index is 3.82. The highest BCUT2D eigenvalue weighted by atomic mass is 79.9. The van der Waals surface area contributed by atoms with Gasteiger partial charge in [-0.1, -0.05) is 52.9 Å². The number of hydrogen-bond donors (Lipinski definition) is 0. The minimum atomic E-state index is 1.12. The molecule has 0 nitrogen and oxygen atoms in total. The van der Waals surface area contributed by atoms with Gasteiger partial charge < -0.3 is 0 Å². The van der Waals surface area contributed by atoms with Gasteiger partial charge >= 0.3 is 0 Å². The molecule has 0 aliphatic rings. The first-order chi connectivity index (χ1) is 6.20. The number of hydrogen-bond acceptors (Lipinski definition) is 0. The van der Waals surface area contributed by atoms with Crippen molar-refractivity contribution in [3.63, 3.8) is 0 Å². The maximum atomic E-state index is 3.82. The molecule has 13 heavy (non-hydrogen) atoms. The first-order valence-corrected chi connectivity index (χ1v) is 5.04. The van der Waals surface area contributed by atoms with Crippen LogP contribution in [0.1, 0.15) is 23.6 Å². The van der Waals surface area contributed by atoms with Crippen LogP contribution in [0.25, 0.3) is 10.6 Å². The summed E-state index contributed by atoms with van der Waals surface area (Å²) in [5, 5.41) is 0. The van der Waals surface area contributed by atoms with Crippen LogP contribution in [0.15, 0.2) is 30.9 Å². The average molecular weight is 237 g/mol. The number of rotatable bonds is 2. The number of allylic oxidation sites excluding steroid dienone is 1. The lowest BCUT2D eigenvalue weighted by atomic mass is 10.0. The van der Waals surface area contributed by atoms with Gasteiger partial charge in [0.25, 0.3) is 0 Å². The van der Waals surface area contributed by atoms with Gasteiger partial charge in [0.1, 0.15) is 0 Å². The zero-order valence-electron chi connectivity index (χ0n) is 7.97. The van der Waals surface area contributed by atoms with Crippen LogP contribution in [-0.2, 0) is 0 Å². The van der Waals surface area contributed by atoms with Crippen LogP contribution in [-0.4, -0.2) is 0 Å². The summed E-state index contributed by atoms with van der Waals surface area (Å²) >= 11 is 3.52. The summed E-state index contributed by atoms with van der Waals surface area (Å²) in [4.78, 5) is 0. The van der Waals surface area contributed by atoms with E-state index in [1.54, 1.807) is 0 Å². The van der Waals surface area contributed by atoms with Gasteiger partial charge in [-0.15, -0.1) is 0 Å². The minimum absolute atomic E-state index is 1.12. The van der Waals surface area contributed by atoms with Gasteiger partial charge in [-0.2, -0.15) is 0 Å². The topological polar surface area (TPSA) is 0 Å². The SMILES string of the molecule is C=Cc1c(C)cccc1/C(Br)=C\C. The van der Waals surface area contributed by atoms with Crippen LogP contribution in [0.4, 0.5) is 0 Å². The number of aryl methyl sites for hydroxylation is 1. The Balaban J connectivity index is 3.36. The van der Waals surface area contributed by atoms with E-state index in [9.17, 15) is 0 Å². The van der Waals surface area contributed by atoms with Gasteiger partial charge in [0.15, 0.2) is 0 Å². The Morgan fingerprint density at radius 3 is 2.69 bits per heavy atom. The van der Waals surface area contributed by atoms with Gasteiger partial charge in [-0.05, 0) is 30.5 Å². The first kappa shape index (κ1) is 10.3. The van der Waals surface area contributed by atoms with Crippen molar-refractivity contribution in [1.29, 1.82) is 0 Å². The molecule has 0 fully saturated rings. The molecule has 0 radical (unpaired) electrons. The highest BCUT2D eigenvalue weighted by Gasteiger charge is 2.03. The maximum Gasteiger partial charge on any atom is 0.0211 e. The van der Waals surface area contributed by atoms with Crippen LogP contribution >= 0.6 is 15.9 Å². The Kier molecular flexibility index (Phi) is 3.49. The molecule has 0 heterocycles. The van der Waals surface area contributed by atoms with Crippen molar-refractivity contribution in [1.82, 2.24) is 0 Å². The summed E-state index contributed by atoms with van der Waals surface area (Å²) in [5.74, 6) is 0. The Morgan fingerprint density at radius 1 is 1.46 bits per heavy atom. The van der Waals surface area contributed by atoms with E-state index in [1.165, 1.54) is 16.7 Å². The van der Waals surface area contributed by atoms with Crippen LogP contribution in [0, 0.1) is 6.92 Å². The Bertz CT molecular complexity index is 348. The third-order valence-electron chi connectivity index (χ3n) is 2.04. The summed E-state index contributed by atoms with van der Waals surface area (Å²) in [5.41, 5.74) is 3.66. The molecule has 0 N–H and O–H groups in total. The van der Waals surface area contributed by atoms with Gasteiger partial charge in [-0.3, -0.25) is 0 Å². The summed E-state index contributed by atoms with van der Waals surface area (Å²) in [6.45, 7) is 7.93. The lowest BCUT2D eigenvalue weighted by Crippen LogP contribution is -1.87. The van der Waals surface area contributed by atoms with E-state index in [-0.39, 0.29) is 0 Å². The molecule has 0 aliphatic heterocycles. The summed E-state index contributed by atoms with van der Waals surface area (Å²) in [6.07, 6.45) is 3.94. The molecule has 68 valence electrons. The molecule has 0 aromatic heterocycles. The molecule has 0 aliphatic carbocycles. The van der Waals surface area contributed by atoms with Gasteiger partial charge in [0.2, 0.25) is 0 Å². The minimum Gasteiger partial charge on any atom is -0.0984 e. The second-order valence-corrected chi connectivity index (χ2v) is 3.73. The molecule has 0 spiro atoms. The standard InChI is InChI=1S/C12H13Br/c1-4-10-9(3)7-6-8-11(10)12(13)5-2/h4-8H,1H2,2-3H3/b12-5+. The van der Waals surface area contributed by atoms with Crippen LogP contribution < -0.4 is 0 Å². The second-order valence-electron chi connectivity index (χ2n) is 2.88. The predicted octanol–water partition coefficient (Wildman–Crippen LogP) is 4.39. The van der Waals surface area contributed by atoms with E-state index in [0.717, 1.165) is 4.48 Å². The monoisotopic (exact) mass is 236 g/mol. The molecular formula is C12H13Br. The average Bonchev–Trinajstić information content (AvgIpc) is 2.16. The fourth-order valence-electron chi connectivity index (χ4n) is 1.32. The fourth-order valence-corrected chi connectivity index (χ4v) is 1.66. The van der Waals surface area contributed by atoms with Crippen molar-refractivity contribution in [2.24, 2.45) is 0 Å². The molecule has 1 aromatic rings. The van der Waals surface area contributed by atoms with Gasteiger partial charge in [0.05, 0.1) is 0 Å². The first-order valence-electron chi connectivity index (χ1n) is 4.25. The predicted molar refractivity (Wildman–Crippen MR) is 63.8 cm³/mol. The quantitative estimate of drug-likeness (QED) is 0.715. The summed E-state index contributed by atoms with van der Waals surface area (Å²) in [7, 11) is 0. The van der Waals surface area contributed by atoms with Crippen molar-refractivity contribution in [2.45, 2.75) is 13.8 Å². The normalized spacial score (nSPS) is 11.5. The molecule has 0 amide bonds. The van der Waals surface area contributed by atoms with E-state index in [1.807, 2.05) is 19.1 Å². The highest BCUT2D eigenvalue weighted by Crippen LogP contribution is 2.27. The third-order valence-corrected chi connectivity index (χ3v) is 2.92. The zero-order chi connectivity index (χ0) is 9.84. The Labute approximate surface area is 88.1 Å². The van der Waals surface area contributed by atoms with Crippen molar-refractivity contribution in [3.05, 3.63) is 47.5 Å². The van der Waals surface area contributed by atoms with Crippen LogP contribution in [0.3, 0.4) is 0 Å². The summed E-state index contributed by atoms with van der Waals surface area (Å²) in [6, 6.07) is 6.24. The van der Waals surface area contributed by atoms with Gasteiger partial charge in [-0.25, -0.2) is 0 Å². The van der Waals surface area contributed by atoms with Crippen LogP contribution in [0.2, 0.25) is 0 Å². The van der Waals surface area contributed by atoms with Crippen molar-refractivity contribution in [2.75, 3.05) is 0 Å². The van der Waals surface area contributed by atoms with E-state index in [2.05, 4.69) is 47.6 Å². The molecule has 0 unspecified atom stereocenters. The molecule has 1 aromatic carbocycles. The lowest BCUT2D eigenvalue weighted by molar-refractivity contribution is 1.43. The zero-order valence-corrected chi connectivity index (χ0v) is 9.56. The van der Waals surface area contributed by atoms with Crippen LogP contribution in [0.5, 0.6) is 0 Å². The molecule has 1 rings (SSSR count). The molecule has 0 atom stereocenters. The number of halogens is 1.